The van der Waals surface area contributed by atoms with Gasteiger partial charge in [-0.25, -0.2) is 0 Å². The van der Waals surface area contributed by atoms with Gasteiger partial charge in [-0.3, -0.25) is 14.4 Å². The molecule has 4 N–H and O–H groups in total. The third-order valence-electron chi connectivity index (χ3n) is 6.21. The molecular formula is C24H32N2O9. The van der Waals surface area contributed by atoms with Gasteiger partial charge in [-0.15, -0.1) is 0 Å². The van der Waals surface area contributed by atoms with E-state index in [-0.39, 0.29) is 44.9 Å². The molecule has 35 heavy (non-hydrogen) atoms. The third-order valence-corrected chi connectivity index (χ3v) is 6.21. The molecule has 2 aliphatic rings. The minimum absolute atomic E-state index is 0.00483. The van der Waals surface area contributed by atoms with Gasteiger partial charge in [-0.05, 0) is 23.8 Å². The second-order valence-corrected chi connectivity index (χ2v) is 8.29. The smallest absolute Gasteiger partial charge is 0.290 e. The summed E-state index contributed by atoms with van der Waals surface area (Å²) in [5, 5.41) is 32.9. The number of benzene rings is 1. The van der Waals surface area contributed by atoms with Gasteiger partial charge in [0.1, 0.15) is 12.2 Å². The van der Waals surface area contributed by atoms with Crippen molar-refractivity contribution in [1.29, 1.82) is 0 Å². The fourth-order valence-electron chi connectivity index (χ4n) is 4.51. The van der Waals surface area contributed by atoms with Gasteiger partial charge in [-0.1, -0.05) is 6.92 Å². The van der Waals surface area contributed by atoms with Gasteiger partial charge in [-0.2, -0.15) is 0 Å². The number of carbonyl (C=O) groups is 3. The number of aliphatic hydroxyl groups excluding tert-OH is 3. The maximum Gasteiger partial charge on any atom is 0.290 e. The lowest BCUT2D eigenvalue weighted by atomic mass is 9.77. The topological polar surface area (TPSA) is 155 Å². The first kappa shape index (κ1) is 26.6. The number of hydrogen-bond donors (Lipinski definition) is 4. The fourth-order valence-corrected chi connectivity index (χ4v) is 4.51. The Labute approximate surface area is 203 Å². The summed E-state index contributed by atoms with van der Waals surface area (Å²) in [7, 11) is 2.89. The van der Waals surface area contributed by atoms with Crippen molar-refractivity contribution in [3.63, 3.8) is 0 Å². The third kappa shape index (κ3) is 5.18. The molecule has 0 spiro atoms. The van der Waals surface area contributed by atoms with Gasteiger partial charge in [0.15, 0.2) is 11.5 Å². The number of fused-ring (bicyclic) bond motifs is 3. The molecule has 4 atom stereocenters. The molecule has 1 heterocycles. The number of rotatable bonds is 11. The van der Waals surface area contributed by atoms with E-state index in [1.165, 1.54) is 25.2 Å². The molecule has 0 radical (unpaired) electrons. The second-order valence-electron chi connectivity index (χ2n) is 8.29. The van der Waals surface area contributed by atoms with Crippen molar-refractivity contribution in [2.75, 3.05) is 40.5 Å². The van der Waals surface area contributed by atoms with Crippen molar-refractivity contribution < 1.29 is 43.9 Å². The van der Waals surface area contributed by atoms with Crippen molar-refractivity contribution >= 4 is 17.6 Å². The highest BCUT2D eigenvalue weighted by molar-refractivity contribution is 6.36. The Kier molecular flexibility index (Phi) is 8.84. The molecule has 11 heteroatoms. The Morgan fingerprint density at radius 1 is 1.20 bits per heavy atom. The highest BCUT2D eigenvalue weighted by atomic mass is 16.5. The number of hydrogen-bond acceptors (Lipinski definition) is 9. The van der Waals surface area contributed by atoms with Gasteiger partial charge < -0.3 is 39.7 Å². The number of methoxy groups -OCH3 is 2. The molecule has 0 unspecified atom stereocenters. The molecule has 0 saturated carbocycles. The van der Waals surface area contributed by atoms with Crippen molar-refractivity contribution in [3.8, 4) is 11.5 Å². The van der Waals surface area contributed by atoms with Gasteiger partial charge in [0.05, 0.1) is 38.9 Å². The predicted octanol–water partition coefficient (Wildman–Crippen LogP) is -0.736. The first-order chi connectivity index (χ1) is 16.8. The normalized spacial score (nSPS) is 22.4. The lowest BCUT2D eigenvalue weighted by Gasteiger charge is -2.40. The van der Waals surface area contributed by atoms with Gasteiger partial charge in [0, 0.05) is 37.8 Å². The van der Waals surface area contributed by atoms with Crippen molar-refractivity contribution in [1.82, 2.24) is 10.2 Å². The van der Waals surface area contributed by atoms with Gasteiger partial charge in [0.2, 0.25) is 11.7 Å². The van der Waals surface area contributed by atoms with Crippen LogP contribution in [0, 0.1) is 0 Å². The minimum Gasteiger partial charge on any atom is -0.493 e. The zero-order chi connectivity index (χ0) is 25.7. The van der Waals surface area contributed by atoms with Crippen LogP contribution in [0.4, 0.5) is 0 Å². The summed E-state index contributed by atoms with van der Waals surface area (Å²) in [6.45, 7) is 1.11. The van der Waals surface area contributed by atoms with Crippen LogP contribution in [-0.2, 0) is 25.7 Å². The summed E-state index contributed by atoms with van der Waals surface area (Å²) in [6.07, 6.45) is -0.832. The maximum absolute atomic E-state index is 13.2. The standard InChI is InChI=1S/C24H32N2O9/c1-4-17(29)24(32)26(6-8-33-2)16-11-15(23(31)25-5-7-27)19-14-9-13(12-28)10-18(34-3)21(14)35-22(19)20(16)30/h9-11,16,19-20,22,27-28,30H,4-8,12H2,1-3H3,(H,25,31)/t16-,19+,20+,22+/m1/s1. The largest absolute Gasteiger partial charge is 0.493 e. The zero-order valence-corrected chi connectivity index (χ0v) is 20.0. The Balaban J connectivity index is 2.13. The number of carbonyl (C=O) groups excluding carboxylic acids is 3. The highest BCUT2D eigenvalue weighted by Crippen LogP contribution is 2.51. The van der Waals surface area contributed by atoms with Gasteiger partial charge in [0.25, 0.3) is 5.91 Å². The Hall–Kier alpha value is -2.99. The summed E-state index contributed by atoms with van der Waals surface area (Å²) in [6, 6.07) is 2.22. The van der Waals surface area contributed by atoms with E-state index in [0.717, 1.165) is 0 Å². The van der Waals surface area contributed by atoms with Crippen LogP contribution in [0.15, 0.2) is 23.8 Å². The molecule has 0 fully saturated rings. The highest BCUT2D eigenvalue weighted by Gasteiger charge is 2.51. The molecule has 0 bridgehead atoms. The van der Waals surface area contributed by atoms with Crippen LogP contribution in [0.3, 0.4) is 0 Å². The lowest BCUT2D eigenvalue weighted by Crippen LogP contribution is -2.57. The molecule has 1 aromatic rings. The molecule has 2 amide bonds. The monoisotopic (exact) mass is 492 g/mol. The molecule has 11 nitrogen and oxygen atoms in total. The van der Waals surface area contributed by atoms with Crippen LogP contribution in [0.2, 0.25) is 0 Å². The Morgan fingerprint density at radius 2 is 1.94 bits per heavy atom. The van der Waals surface area contributed by atoms with E-state index in [9.17, 15) is 29.7 Å². The van der Waals surface area contributed by atoms with Crippen LogP contribution in [0.1, 0.15) is 30.4 Å². The van der Waals surface area contributed by atoms with E-state index in [2.05, 4.69) is 5.32 Å². The average molecular weight is 493 g/mol. The van der Waals surface area contributed by atoms with E-state index < -0.39 is 41.8 Å². The van der Waals surface area contributed by atoms with Crippen molar-refractivity contribution in [3.05, 3.63) is 34.9 Å². The van der Waals surface area contributed by atoms with E-state index in [4.69, 9.17) is 14.2 Å². The van der Waals surface area contributed by atoms with Crippen molar-refractivity contribution in [2.45, 2.75) is 44.1 Å². The molecule has 1 aliphatic heterocycles. The van der Waals surface area contributed by atoms with Crippen LogP contribution in [0.5, 0.6) is 11.5 Å². The lowest BCUT2D eigenvalue weighted by molar-refractivity contribution is -0.148. The summed E-state index contributed by atoms with van der Waals surface area (Å²) >= 11 is 0. The molecule has 0 aromatic heterocycles. The first-order valence-corrected chi connectivity index (χ1v) is 11.4. The first-order valence-electron chi connectivity index (χ1n) is 11.4. The number of Topliss-reactive ketones (excluding diaryl/α,β-unsaturated/α-hetero) is 1. The summed E-state index contributed by atoms with van der Waals surface area (Å²) in [5.41, 5.74) is 1.27. The zero-order valence-electron chi connectivity index (χ0n) is 20.0. The van der Waals surface area contributed by atoms with Crippen molar-refractivity contribution in [2.24, 2.45) is 0 Å². The molecule has 3 rings (SSSR count). The summed E-state index contributed by atoms with van der Waals surface area (Å²) in [4.78, 5) is 39.6. The van der Waals surface area contributed by atoms with Crippen LogP contribution < -0.4 is 14.8 Å². The summed E-state index contributed by atoms with van der Waals surface area (Å²) in [5.74, 6) is -2.05. The van der Waals surface area contributed by atoms with Crippen LogP contribution in [-0.4, -0.2) is 96.6 Å². The number of ether oxygens (including phenoxy) is 3. The van der Waals surface area contributed by atoms with E-state index >= 15 is 0 Å². The molecule has 0 saturated heterocycles. The predicted molar refractivity (Wildman–Crippen MR) is 123 cm³/mol. The number of amides is 2. The molecule has 192 valence electrons. The number of nitrogens with zero attached hydrogens (tertiary/aromatic N) is 1. The SMILES string of the molecule is CCC(=O)C(=O)N(CCOC)[C@@H]1C=C(C(=O)NCCO)[C@@H]2c3cc(CO)cc(OC)c3O[C@@H]2[C@H]1O. The maximum atomic E-state index is 13.2. The van der Waals surface area contributed by atoms with E-state index in [1.807, 2.05) is 0 Å². The van der Waals surface area contributed by atoms with E-state index in [1.54, 1.807) is 19.1 Å². The summed E-state index contributed by atoms with van der Waals surface area (Å²) < 4.78 is 16.6. The van der Waals surface area contributed by atoms with Crippen LogP contribution >= 0.6 is 0 Å². The second kappa shape index (κ2) is 11.6. The Bertz CT molecular complexity index is 993. The number of ketones is 1. The number of aliphatic hydroxyl groups is 3. The number of nitrogens with one attached hydrogen (secondary N) is 1. The quantitative estimate of drug-likeness (QED) is 0.293. The van der Waals surface area contributed by atoms with Crippen LogP contribution in [0.25, 0.3) is 0 Å². The molecule has 1 aliphatic carbocycles. The molecule has 1 aromatic carbocycles. The average Bonchev–Trinajstić information content (AvgIpc) is 3.27. The fraction of sp³-hybridized carbons (Fsp3) is 0.542. The Morgan fingerprint density at radius 3 is 2.54 bits per heavy atom. The minimum atomic E-state index is -1.30. The molecular weight excluding hydrogens is 460 g/mol. The van der Waals surface area contributed by atoms with Gasteiger partial charge >= 0.3 is 0 Å². The van der Waals surface area contributed by atoms with E-state index in [0.29, 0.717) is 22.6 Å².